The fraction of sp³-hybridized carbons (Fsp3) is 1.00. The molecule has 1 aliphatic heterocycles. The van der Waals surface area contributed by atoms with Gasteiger partial charge in [-0.2, -0.15) is 0 Å². The summed E-state index contributed by atoms with van der Waals surface area (Å²) in [7, 11) is 2.30. The van der Waals surface area contributed by atoms with E-state index in [9.17, 15) is 0 Å². The van der Waals surface area contributed by atoms with Crippen LogP contribution in [0.5, 0.6) is 0 Å². The van der Waals surface area contributed by atoms with Crippen LogP contribution in [0.4, 0.5) is 0 Å². The predicted molar refractivity (Wildman–Crippen MR) is 62.6 cm³/mol. The van der Waals surface area contributed by atoms with Gasteiger partial charge in [0.2, 0.25) is 0 Å². The molecule has 2 unspecified atom stereocenters. The fourth-order valence-electron chi connectivity index (χ4n) is 2.39. The minimum Gasteiger partial charge on any atom is -0.317 e. The Bertz CT molecular complexity index is 139. The maximum atomic E-state index is 3.48. The maximum Gasteiger partial charge on any atom is 0.0108 e. The van der Waals surface area contributed by atoms with Gasteiger partial charge in [-0.15, -0.1) is 0 Å². The normalized spacial score (nSPS) is 26.1. The van der Waals surface area contributed by atoms with E-state index in [1.165, 1.54) is 45.2 Å². The quantitative estimate of drug-likeness (QED) is 0.745. The van der Waals surface area contributed by atoms with E-state index in [1.807, 2.05) is 0 Å². The molecule has 1 saturated heterocycles. The van der Waals surface area contributed by atoms with E-state index < -0.39 is 0 Å². The summed E-state index contributed by atoms with van der Waals surface area (Å²) in [4.78, 5) is 2.59. The van der Waals surface area contributed by atoms with Crippen LogP contribution in [0.3, 0.4) is 0 Å². The van der Waals surface area contributed by atoms with Crippen molar-refractivity contribution in [3.8, 4) is 0 Å². The van der Waals surface area contributed by atoms with Crippen LogP contribution in [0.1, 0.15) is 46.0 Å². The first kappa shape index (κ1) is 12.0. The van der Waals surface area contributed by atoms with Gasteiger partial charge in [-0.1, -0.05) is 13.3 Å². The molecule has 1 N–H and O–H groups in total. The lowest BCUT2D eigenvalue weighted by molar-refractivity contribution is 0.162. The van der Waals surface area contributed by atoms with Gasteiger partial charge in [0.05, 0.1) is 0 Å². The molecule has 1 aliphatic rings. The second-order valence-electron chi connectivity index (χ2n) is 4.64. The number of rotatable bonds is 4. The van der Waals surface area contributed by atoms with Crippen molar-refractivity contribution in [2.75, 3.05) is 20.1 Å². The molecule has 2 atom stereocenters. The molecule has 1 heterocycles. The average molecular weight is 198 g/mol. The zero-order valence-corrected chi connectivity index (χ0v) is 10.1. The summed E-state index contributed by atoms with van der Waals surface area (Å²) >= 11 is 0. The van der Waals surface area contributed by atoms with Crippen molar-refractivity contribution in [1.29, 1.82) is 0 Å². The van der Waals surface area contributed by atoms with Crippen LogP contribution in [0.2, 0.25) is 0 Å². The number of hydrogen-bond donors (Lipinski definition) is 1. The monoisotopic (exact) mass is 198 g/mol. The molecule has 1 rings (SSSR count). The molecule has 0 bridgehead atoms. The molecule has 0 amide bonds. The third-order valence-corrected chi connectivity index (χ3v) is 3.52. The van der Waals surface area contributed by atoms with Crippen molar-refractivity contribution in [2.45, 2.75) is 58.0 Å². The lowest BCUT2D eigenvalue weighted by Gasteiger charge is -2.32. The zero-order valence-electron chi connectivity index (χ0n) is 10.1. The van der Waals surface area contributed by atoms with Gasteiger partial charge < -0.3 is 10.2 Å². The zero-order chi connectivity index (χ0) is 10.4. The van der Waals surface area contributed by atoms with Crippen LogP contribution in [0.25, 0.3) is 0 Å². The van der Waals surface area contributed by atoms with Crippen molar-refractivity contribution in [3.63, 3.8) is 0 Å². The summed E-state index contributed by atoms with van der Waals surface area (Å²) in [5.41, 5.74) is 0. The Hall–Kier alpha value is -0.0800. The van der Waals surface area contributed by atoms with Crippen molar-refractivity contribution < 1.29 is 0 Å². The molecule has 0 radical (unpaired) electrons. The van der Waals surface area contributed by atoms with E-state index >= 15 is 0 Å². The highest BCUT2D eigenvalue weighted by atomic mass is 15.2. The van der Waals surface area contributed by atoms with Crippen molar-refractivity contribution >= 4 is 0 Å². The fourth-order valence-corrected chi connectivity index (χ4v) is 2.39. The third-order valence-electron chi connectivity index (χ3n) is 3.52. The van der Waals surface area contributed by atoms with E-state index in [-0.39, 0.29) is 0 Å². The highest BCUT2D eigenvalue weighted by molar-refractivity contribution is 4.77. The van der Waals surface area contributed by atoms with Crippen LogP contribution in [0, 0.1) is 0 Å². The van der Waals surface area contributed by atoms with Gasteiger partial charge in [0.25, 0.3) is 0 Å². The maximum absolute atomic E-state index is 3.48. The van der Waals surface area contributed by atoms with Crippen molar-refractivity contribution in [3.05, 3.63) is 0 Å². The number of nitrogens with zero attached hydrogens (tertiary/aromatic N) is 1. The first-order chi connectivity index (χ1) is 6.75. The summed E-state index contributed by atoms with van der Waals surface area (Å²) in [5.74, 6) is 0. The standard InChI is InChI=1S/C12H26N2/c1-4-6-11(2)14(3)12-7-5-9-13-10-8-12/h11-13H,4-10H2,1-3H3. The van der Waals surface area contributed by atoms with E-state index in [2.05, 4.69) is 31.1 Å². The Balaban J connectivity index is 2.36. The highest BCUT2D eigenvalue weighted by Crippen LogP contribution is 2.16. The molecular formula is C12H26N2. The lowest BCUT2D eigenvalue weighted by Crippen LogP contribution is -2.39. The van der Waals surface area contributed by atoms with Gasteiger partial charge >= 0.3 is 0 Å². The molecule has 1 fully saturated rings. The molecular weight excluding hydrogens is 172 g/mol. The third kappa shape index (κ3) is 3.58. The van der Waals surface area contributed by atoms with Crippen molar-refractivity contribution in [1.82, 2.24) is 10.2 Å². The minimum absolute atomic E-state index is 0.753. The van der Waals surface area contributed by atoms with E-state index in [0.717, 1.165) is 12.1 Å². The second kappa shape index (κ2) is 6.41. The summed E-state index contributed by atoms with van der Waals surface area (Å²) in [5, 5.41) is 3.48. The van der Waals surface area contributed by atoms with Gasteiger partial charge in [0.1, 0.15) is 0 Å². The van der Waals surface area contributed by atoms with E-state index in [1.54, 1.807) is 0 Å². The SMILES string of the molecule is CCCC(C)N(C)C1CCCNCC1. The molecule has 14 heavy (non-hydrogen) atoms. The number of hydrogen-bond acceptors (Lipinski definition) is 2. The summed E-state index contributed by atoms with van der Waals surface area (Å²) in [6, 6.07) is 1.56. The lowest BCUT2D eigenvalue weighted by atomic mass is 10.0. The van der Waals surface area contributed by atoms with Crippen LogP contribution in [0.15, 0.2) is 0 Å². The molecule has 0 spiro atoms. The van der Waals surface area contributed by atoms with Crippen LogP contribution in [-0.4, -0.2) is 37.1 Å². The summed E-state index contributed by atoms with van der Waals surface area (Å²) < 4.78 is 0. The molecule has 0 aromatic rings. The molecule has 0 aromatic heterocycles. The summed E-state index contributed by atoms with van der Waals surface area (Å²) in [6.07, 6.45) is 6.67. The Labute approximate surface area is 89.1 Å². The highest BCUT2D eigenvalue weighted by Gasteiger charge is 2.19. The molecule has 2 heteroatoms. The van der Waals surface area contributed by atoms with Gasteiger partial charge in [0, 0.05) is 12.1 Å². The van der Waals surface area contributed by atoms with Crippen LogP contribution >= 0.6 is 0 Å². The first-order valence-electron chi connectivity index (χ1n) is 6.18. The van der Waals surface area contributed by atoms with E-state index in [0.29, 0.717) is 0 Å². The predicted octanol–water partition coefficient (Wildman–Crippen LogP) is 2.25. The largest absolute Gasteiger partial charge is 0.317 e. The van der Waals surface area contributed by atoms with Gasteiger partial charge in [-0.3, -0.25) is 0 Å². The molecule has 0 aliphatic carbocycles. The van der Waals surface area contributed by atoms with Gasteiger partial charge in [-0.05, 0) is 52.7 Å². The smallest absolute Gasteiger partial charge is 0.0108 e. The molecule has 0 aromatic carbocycles. The van der Waals surface area contributed by atoms with Gasteiger partial charge in [-0.25, -0.2) is 0 Å². The molecule has 0 saturated carbocycles. The van der Waals surface area contributed by atoms with Crippen molar-refractivity contribution in [2.24, 2.45) is 0 Å². The summed E-state index contributed by atoms with van der Waals surface area (Å²) in [6.45, 7) is 7.06. The van der Waals surface area contributed by atoms with Crippen LogP contribution in [-0.2, 0) is 0 Å². The molecule has 84 valence electrons. The Kier molecular flexibility index (Phi) is 5.49. The topological polar surface area (TPSA) is 15.3 Å². The van der Waals surface area contributed by atoms with Crippen LogP contribution < -0.4 is 5.32 Å². The van der Waals surface area contributed by atoms with E-state index in [4.69, 9.17) is 0 Å². The second-order valence-corrected chi connectivity index (χ2v) is 4.64. The minimum atomic E-state index is 0.753. The Morgan fingerprint density at radius 2 is 2.14 bits per heavy atom. The Morgan fingerprint density at radius 3 is 2.86 bits per heavy atom. The molecule has 2 nitrogen and oxygen atoms in total. The average Bonchev–Trinajstić information content (AvgIpc) is 2.45. The van der Waals surface area contributed by atoms with Gasteiger partial charge in [0.15, 0.2) is 0 Å². The first-order valence-corrected chi connectivity index (χ1v) is 6.18. The Morgan fingerprint density at radius 1 is 1.36 bits per heavy atom. The number of nitrogens with one attached hydrogen (secondary N) is 1.